The van der Waals surface area contributed by atoms with Crippen LogP contribution in [0.25, 0.3) is 5.65 Å². The first-order valence-corrected chi connectivity index (χ1v) is 8.40. The van der Waals surface area contributed by atoms with Crippen LogP contribution in [-0.2, 0) is 0 Å². The van der Waals surface area contributed by atoms with E-state index in [1.54, 1.807) is 4.52 Å². The molecular formula is C17H22N6O2. The van der Waals surface area contributed by atoms with Gasteiger partial charge in [-0.15, -0.1) is 15.3 Å². The highest BCUT2D eigenvalue weighted by Gasteiger charge is 2.32. The van der Waals surface area contributed by atoms with E-state index in [0.29, 0.717) is 18.3 Å². The molecule has 3 aromatic heterocycles. The molecule has 0 bridgehead atoms. The molecule has 0 aliphatic carbocycles. The van der Waals surface area contributed by atoms with Gasteiger partial charge in [-0.3, -0.25) is 4.90 Å². The van der Waals surface area contributed by atoms with Crippen LogP contribution in [0, 0.1) is 13.8 Å². The Morgan fingerprint density at radius 3 is 2.76 bits per heavy atom. The van der Waals surface area contributed by atoms with Crippen molar-refractivity contribution < 1.29 is 9.52 Å². The summed E-state index contributed by atoms with van der Waals surface area (Å²) in [7, 11) is 2.03. The maximum Gasteiger partial charge on any atom is 0.178 e. The Morgan fingerprint density at radius 2 is 2.04 bits per heavy atom. The van der Waals surface area contributed by atoms with Crippen molar-refractivity contribution in [2.24, 2.45) is 0 Å². The van der Waals surface area contributed by atoms with E-state index in [9.17, 15) is 5.11 Å². The van der Waals surface area contributed by atoms with Crippen LogP contribution < -0.4 is 4.90 Å². The van der Waals surface area contributed by atoms with E-state index in [2.05, 4.69) is 25.1 Å². The molecule has 1 saturated heterocycles. The number of anilines is 1. The fraction of sp³-hybridized carbons (Fsp3) is 0.471. The Kier molecular flexibility index (Phi) is 3.93. The number of aromatic nitrogens is 4. The van der Waals surface area contributed by atoms with Gasteiger partial charge in [0.25, 0.3) is 0 Å². The molecule has 1 unspecified atom stereocenters. The Hall–Kier alpha value is -2.45. The molecule has 0 aromatic carbocycles. The van der Waals surface area contributed by atoms with Crippen LogP contribution in [-0.4, -0.2) is 62.5 Å². The van der Waals surface area contributed by atoms with Crippen LogP contribution in [0.2, 0.25) is 0 Å². The highest BCUT2D eigenvalue weighted by atomic mass is 16.4. The summed E-state index contributed by atoms with van der Waals surface area (Å²) in [6.45, 7) is 6.06. The number of hydrogen-bond donors (Lipinski definition) is 1. The quantitative estimate of drug-likeness (QED) is 0.745. The van der Waals surface area contributed by atoms with Gasteiger partial charge in [-0.25, -0.2) is 0 Å². The molecule has 4 rings (SSSR count). The van der Waals surface area contributed by atoms with Gasteiger partial charge in [-0.2, -0.15) is 4.52 Å². The number of furan rings is 1. The fourth-order valence-corrected chi connectivity index (χ4v) is 3.12. The maximum atomic E-state index is 10.3. The summed E-state index contributed by atoms with van der Waals surface area (Å²) in [6, 6.07) is 7.99. The second-order valence-electron chi connectivity index (χ2n) is 6.67. The largest absolute Gasteiger partial charge is 0.464 e. The fourth-order valence-electron chi connectivity index (χ4n) is 3.12. The molecule has 0 amide bonds. The summed E-state index contributed by atoms with van der Waals surface area (Å²) >= 11 is 0. The van der Waals surface area contributed by atoms with Crippen molar-refractivity contribution in [3.63, 3.8) is 0 Å². The van der Waals surface area contributed by atoms with Gasteiger partial charge in [0.1, 0.15) is 23.4 Å². The second kappa shape index (κ2) is 6.12. The molecule has 0 radical (unpaired) electrons. The van der Waals surface area contributed by atoms with Crippen LogP contribution in [0.15, 0.2) is 28.7 Å². The average molecular weight is 342 g/mol. The number of fused-ring (bicyclic) bond motifs is 1. The number of aliphatic hydroxyl groups excluding tert-OH is 1. The third kappa shape index (κ3) is 2.98. The molecule has 1 aliphatic rings. The normalized spacial score (nSPS) is 16.6. The standard InChI is InChI=1S/C17H22N6O2/c1-11-4-5-15(25-11)14(24)10-21(3)13-8-22(9-13)17-7-6-16-19-18-12(2)23(16)20-17/h4-7,13-14,24H,8-10H2,1-3H3. The highest BCUT2D eigenvalue weighted by molar-refractivity contribution is 5.47. The van der Waals surface area contributed by atoms with Gasteiger partial charge in [0.15, 0.2) is 11.5 Å². The van der Waals surface area contributed by atoms with Crippen molar-refractivity contribution in [1.29, 1.82) is 0 Å². The number of likely N-dealkylation sites (N-methyl/N-ethyl adjacent to an activating group) is 1. The smallest absolute Gasteiger partial charge is 0.178 e. The van der Waals surface area contributed by atoms with E-state index in [1.807, 2.05) is 45.2 Å². The predicted molar refractivity (Wildman–Crippen MR) is 92.6 cm³/mol. The Labute approximate surface area is 145 Å². The minimum atomic E-state index is -0.609. The lowest BCUT2D eigenvalue weighted by Gasteiger charge is -2.45. The van der Waals surface area contributed by atoms with Crippen LogP contribution in [0.4, 0.5) is 5.82 Å². The average Bonchev–Trinajstić information content (AvgIpc) is 3.13. The SMILES string of the molecule is Cc1ccc(C(O)CN(C)C2CN(c3ccc4nnc(C)n4n3)C2)o1. The van der Waals surface area contributed by atoms with Crippen molar-refractivity contribution in [1.82, 2.24) is 24.7 Å². The molecule has 1 atom stereocenters. The van der Waals surface area contributed by atoms with E-state index in [0.717, 1.165) is 36.1 Å². The molecule has 132 valence electrons. The summed E-state index contributed by atoms with van der Waals surface area (Å²) < 4.78 is 7.26. The first-order valence-electron chi connectivity index (χ1n) is 8.40. The molecule has 0 saturated carbocycles. The maximum absolute atomic E-state index is 10.3. The first-order chi connectivity index (χ1) is 12.0. The number of rotatable bonds is 5. The van der Waals surface area contributed by atoms with Crippen LogP contribution in [0.1, 0.15) is 23.4 Å². The van der Waals surface area contributed by atoms with Gasteiger partial charge >= 0.3 is 0 Å². The van der Waals surface area contributed by atoms with Crippen molar-refractivity contribution in [2.75, 3.05) is 31.6 Å². The van der Waals surface area contributed by atoms with E-state index in [4.69, 9.17) is 4.42 Å². The van der Waals surface area contributed by atoms with Gasteiger partial charge in [-0.05, 0) is 45.2 Å². The molecule has 1 N–H and O–H groups in total. The summed E-state index contributed by atoms with van der Waals surface area (Å²) in [5.41, 5.74) is 0.757. The zero-order valence-electron chi connectivity index (χ0n) is 14.6. The van der Waals surface area contributed by atoms with Crippen molar-refractivity contribution >= 4 is 11.5 Å². The molecular weight excluding hydrogens is 320 g/mol. The van der Waals surface area contributed by atoms with Gasteiger partial charge in [-0.1, -0.05) is 0 Å². The number of nitrogens with zero attached hydrogens (tertiary/aromatic N) is 6. The monoisotopic (exact) mass is 342 g/mol. The summed E-state index contributed by atoms with van der Waals surface area (Å²) in [5.74, 6) is 3.14. The predicted octanol–water partition coefficient (Wildman–Crippen LogP) is 1.19. The second-order valence-corrected chi connectivity index (χ2v) is 6.67. The van der Waals surface area contributed by atoms with E-state index in [1.165, 1.54) is 0 Å². The van der Waals surface area contributed by atoms with E-state index >= 15 is 0 Å². The third-order valence-electron chi connectivity index (χ3n) is 4.76. The molecule has 0 spiro atoms. The number of aryl methyl sites for hydroxylation is 2. The van der Waals surface area contributed by atoms with Crippen molar-refractivity contribution in [2.45, 2.75) is 26.0 Å². The Bertz CT molecular complexity index is 882. The zero-order valence-corrected chi connectivity index (χ0v) is 14.6. The zero-order chi connectivity index (χ0) is 17.6. The van der Waals surface area contributed by atoms with Gasteiger partial charge < -0.3 is 14.4 Å². The molecule has 1 aliphatic heterocycles. The minimum absolute atomic E-state index is 0.380. The molecule has 8 nitrogen and oxygen atoms in total. The number of aliphatic hydroxyl groups is 1. The van der Waals surface area contributed by atoms with E-state index < -0.39 is 6.10 Å². The lowest BCUT2D eigenvalue weighted by molar-refractivity contribution is 0.0787. The topological polar surface area (TPSA) is 82.9 Å². The minimum Gasteiger partial charge on any atom is -0.464 e. The van der Waals surface area contributed by atoms with Crippen molar-refractivity contribution in [3.05, 3.63) is 41.6 Å². The molecule has 1 fully saturated rings. The summed E-state index contributed by atoms with van der Waals surface area (Å²) in [5, 5.41) is 23.0. The van der Waals surface area contributed by atoms with E-state index in [-0.39, 0.29) is 0 Å². The third-order valence-corrected chi connectivity index (χ3v) is 4.76. The first kappa shape index (κ1) is 16.0. The van der Waals surface area contributed by atoms with Gasteiger partial charge in [0.05, 0.1) is 0 Å². The van der Waals surface area contributed by atoms with Crippen LogP contribution in [0.3, 0.4) is 0 Å². The van der Waals surface area contributed by atoms with Crippen LogP contribution >= 0.6 is 0 Å². The molecule has 4 heterocycles. The lowest BCUT2D eigenvalue weighted by atomic mass is 10.1. The molecule has 25 heavy (non-hydrogen) atoms. The number of hydrogen-bond acceptors (Lipinski definition) is 7. The van der Waals surface area contributed by atoms with Gasteiger partial charge in [0, 0.05) is 25.7 Å². The molecule has 8 heteroatoms. The Morgan fingerprint density at radius 1 is 1.24 bits per heavy atom. The van der Waals surface area contributed by atoms with Crippen LogP contribution in [0.5, 0.6) is 0 Å². The lowest BCUT2D eigenvalue weighted by Crippen LogP contribution is -2.59. The summed E-state index contributed by atoms with van der Waals surface area (Å²) in [4.78, 5) is 4.38. The van der Waals surface area contributed by atoms with Gasteiger partial charge in [0.2, 0.25) is 0 Å². The highest BCUT2D eigenvalue weighted by Crippen LogP contribution is 2.24. The van der Waals surface area contributed by atoms with Crippen molar-refractivity contribution in [3.8, 4) is 0 Å². The molecule has 3 aromatic rings. The summed E-state index contributed by atoms with van der Waals surface area (Å²) in [6.07, 6.45) is -0.609. The Balaban J connectivity index is 1.36.